The molecule has 0 saturated heterocycles. The molecule has 0 fully saturated rings. The van der Waals surface area contributed by atoms with E-state index in [-0.39, 0.29) is 6.61 Å². The summed E-state index contributed by atoms with van der Waals surface area (Å²) in [5.74, 6) is 1.24. The first-order valence-corrected chi connectivity index (χ1v) is 5.74. The molecular formula is C13H13N3O2. The molecule has 0 aliphatic carbocycles. The van der Waals surface area contributed by atoms with E-state index in [2.05, 4.69) is 10.1 Å². The number of rotatable bonds is 3. The lowest BCUT2D eigenvalue weighted by atomic mass is 10.2. The van der Waals surface area contributed by atoms with Crippen molar-refractivity contribution in [2.24, 2.45) is 0 Å². The van der Waals surface area contributed by atoms with Crippen LogP contribution < -0.4 is 0 Å². The summed E-state index contributed by atoms with van der Waals surface area (Å²) in [7, 11) is 0. The lowest BCUT2D eigenvalue weighted by Crippen LogP contribution is -1.98. The molecule has 5 heteroatoms. The quantitative estimate of drug-likeness (QED) is 0.762. The Morgan fingerprint density at radius 1 is 1.33 bits per heavy atom. The first-order chi connectivity index (χ1) is 8.76. The fourth-order valence-corrected chi connectivity index (χ4v) is 2.04. The summed E-state index contributed by atoms with van der Waals surface area (Å²) in [4.78, 5) is 4.19. The Morgan fingerprint density at radius 2 is 2.22 bits per heavy atom. The average molecular weight is 243 g/mol. The molecular weight excluding hydrogens is 230 g/mol. The molecule has 0 spiro atoms. The molecule has 0 aliphatic heterocycles. The van der Waals surface area contributed by atoms with Gasteiger partial charge in [-0.3, -0.25) is 0 Å². The molecule has 0 aliphatic rings. The molecule has 1 aromatic carbocycles. The Labute approximate surface area is 104 Å². The Bertz CT molecular complexity index is 684. The minimum atomic E-state index is 0.0595. The van der Waals surface area contributed by atoms with Crippen molar-refractivity contribution in [2.45, 2.75) is 20.1 Å². The van der Waals surface area contributed by atoms with Crippen molar-refractivity contribution < 1.29 is 9.63 Å². The number of hydrogen-bond donors (Lipinski definition) is 1. The summed E-state index contributed by atoms with van der Waals surface area (Å²) in [6.45, 7) is 2.42. The highest BCUT2D eigenvalue weighted by molar-refractivity contribution is 5.80. The highest BCUT2D eigenvalue weighted by atomic mass is 16.5. The predicted molar refractivity (Wildman–Crippen MR) is 66.0 cm³/mol. The van der Waals surface area contributed by atoms with Crippen LogP contribution in [0.4, 0.5) is 0 Å². The van der Waals surface area contributed by atoms with Crippen LogP contribution in [-0.2, 0) is 13.2 Å². The molecule has 0 amide bonds. The van der Waals surface area contributed by atoms with Crippen LogP contribution in [0.3, 0.4) is 0 Å². The smallest absolute Gasteiger partial charge is 0.246 e. The lowest BCUT2D eigenvalue weighted by molar-refractivity contribution is 0.282. The maximum absolute atomic E-state index is 9.10. The second-order valence-corrected chi connectivity index (χ2v) is 4.23. The summed E-state index contributed by atoms with van der Waals surface area (Å²) in [6, 6.07) is 7.89. The van der Waals surface area contributed by atoms with Crippen molar-refractivity contribution in [3.05, 3.63) is 47.7 Å². The van der Waals surface area contributed by atoms with Crippen LogP contribution in [0, 0.1) is 6.92 Å². The third kappa shape index (κ3) is 1.89. The van der Waals surface area contributed by atoms with Crippen molar-refractivity contribution >= 4 is 10.9 Å². The van der Waals surface area contributed by atoms with Gasteiger partial charge in [-0.25, -0.2) is 0 Å². The van der Waals surface area contributed by atoms with Gasteiger partial charge in [-0.05, 0) is 36.1 Å². The molecule has 5 nitrogen and oxygen atoms in total. The molecule has 3 rings (SSSR count). The maximum Gasteiger partial charge on any atom is 0.246 e. The number of aryl methyl sites for hydroxylation is 1. The molecule has 18 heavy (non-hydrogen) atoms. The zero-order valence-corrected chi connectivity index (χ0v) is 10.00. The van der Waals surface area contributed by atoms with Crippen molar-refractivity contribution in [1.29, 1.82) is 0 Å². The number of aromatic nitrogens is 3. The number of benzene rings is 1. The number of aliphatic hydroxyl groups excluding tert-OH is 1. The van der Waals surface area contributed by atoms with Gasteiger partial charge in [0.1, 0.15) is 6.54 Å². The van der Waals surface area contributed by atoms with E-state index < -0.39 is 0 Å². The highest BCUT2D eigenvalue weighted by Gasteiger charge is 2.07. The van der Waals surface area contributed by atoms with Crippen molar-refractivity contribution in [3.8, 4) is 0 Å². The van der Waals surface area contributed by atoms with Gasteiger partial charge in [0, 0.05) is 11.7 Å². The van der Waals surface area contributed by atoms with Crippen LogP contribution in [0.15, 0.2) is 35.0 Å². The molecule has 0 radical (unpaired) electrons. The molecule has 92 valence electrons. The van der Waals surface area contributed by atoms with Gasteiger partial charge in [0.15, 0.2) is 5.82 Å². The zero-order chi connectivity index (χ0) is 12.5. The molecule has 0 saturated carbocycles. The van der Waals surface area contributed by atoms with Crippen LogP contribution in [0.2, 0.25) is 0 Å². The van der Waals surface area contributed by atoms with E-state index in [9.17, 15) is 0 Å². The van der Waals surface area contributed by atoms with E-state index in [4.69, 9.17) is 9.63 Å². The normalized spacial score (nSPS) is 11.2. The first kappa shape index (κ1) is 11.0. The molecule has 3 aromatic rings. The van der Waals surface area contributed by atoms with Crippen LogP contribution in [0.1, 0.15) is 17.3 Å². The van der Waals surface area contributed by atoms with E-state index in [1.165, 1.54) is 0 Å². The van der Waals surface area contributed by atoms with Crippen LogP contribution in [0.5, 0.6) is 0 Å². The molecule has 0 bridgehead atoms. The predicted octanol–water partition coefficient (Wildman–Crippen LogP) is 1.87. The van der Waals surface area contributed by atoms with Gasteiger partial charge in [0.25, 0.3) is 0 Å². The second kappa shape index (κ2) is 4.27. The van der Waals surface area contributed by atoms with E-state index in [0.29, 0.717) is 18.3 Å². The average Bonchev–Trinajstić information content (AvgIpc) is 2.96. The number of fused-ring (bicyclic) bond motifs is 1. The van der Waals surface area contributed by atoms with Gasteiger partial charge in [0.2, 0.25) is 5.89 Å². The highest BCUT2D eigenvalue weighted by Crippen LogP contribution is 2.18. The van der Waals surface area contributed by atoms with E-state index >= 15 is 0 Å². The Morgan fingerprint density at radius 3 is 2.94 bits per heavy atom. The number of nitrogens with zero attached hydrogens (tertiary/aromatic N) is 3. The molecule has 2 aromatic heterocycles. The summed E-state index contributed by atoms with van der Waals surface area (Å²) in [5, 5.41) is 14.0. The summed E-state index contributed by atoms with van der Waals surface area (Å²) >= 11 is 0. The number of aliphatic hydroxyl groups is 1. The number of hydrogen-bond acceptors (Lipinski definition) is 4. The fraction of sp³-hybridized carbons (Fsp3) is 0.231. The third-order valence-electron chi connectivity index (χ3n) is 2.89. The minimum absolute atomic E-state index is 0.0595. The lowest BCUT2D eigenvalue weighted by Gasteiger charge is -2.02. The second-order valence-electron chi connectivity index (χ2n) is 4.23. The monoisotopic (exact) mass is 243 g/mol. The van der Waals surface area contributed by atoms with Crippen LogP contribution in [-0.4, -0.2) is 19.8 Å². The van der Waals surface area contributed by atoms with Gasteiger partial charge in [0.05, 0.1) is 6.61 Å². The van der Waals surface area contributed by atoms with Crippen molar-refractivity contribution in [1.82, 2.24) is 14.7 Å². The van der Waals surface area contributed by atoms with E-state index in [0.717, 1.165) is 16.5 Å². The van der Waals surface area contributed by atoms with Gasteiger partial charge < -0.3 is 14.2 Å². The zero-order valence-electron chi connectivity index (χ0n) is 10.00. The van der Waals surface area contributed by atoms with Crippen LogP contribution in [0.25, 0.3) is 10.9 Å². The molecule has 2 heterocycles. The third-order valence-corrected chi connectivity index (χ3v) is 2.89. The van der Waals surface area contributed by atoms with Gasteiger partial charge in [-0.1, -0.05) is 11.2 Å². The van der Waals surface area contributed by atoms with Crippen LogP contribution >= 0.6 is 0 Å². The van der Waals surface area contributed by atoms with Gasteiger partial charge in [-0.2, -0.15) is 4.98 Å². The van der Waals surface area contributed by atoms with Gasteiger partial charge >= 0.3 is 0 Å². The summed E-state index contributed by atoms with van der Waals surface area (Å²) < 4.78 is 7.15. The molecule has 1 N–H and O–H groups in total. The standard InChI is InChI=1S/C13H13N3O2/c1-9-14-13(18-15-9)7-16-5-4-11-6-10(8-17)2-3-12(11)16/h2-6,17H,7-8H2,1H3. The SMILES string of the molecule is Cc1noc(Cn2ccc3cc(CO)ccc32)n1. The van der Waals surface area contributed by atoms with Gasteiger partial charge in [-0.15, -0.1) is 0 Å². The van der Waals surface area contributed by atoms with Crippen molar-refractivity contribution in [3.63, 3.8) is 0 Å². The van der Waals surface area contributed by atoms with Crippen molar-refractivity contribution in [2.75, 3.05) is 0 Å². The summed E-state index contributed by atoms with van der Waals surface area (Å²) in [6.07, 6.45) is 1.98. The minimum Gasteiger partial charge on any atom is -0.392 e. The maximum atomic E-state index is 9.10. The fourth-order valence-electron chi connectivity index (χ4n) is 2.04. The van der Waals surface area contributed by atoms with E-state index in [1.54, 1.807) is 6.92 Å². The first-order valence-electron chi connectivity index (χ1n) is 5.74. The Balaban J connectivity index is 1.97. The Kier molecular flexibility index (Phi) is 2.60. The topological polar surface area (TPSA) is 64.1 Å². The molecule has 0 atom stereocenters. The molecule has 0 unspecified atom stereocenters. The largest absolute Gasteiger partial charge is 0.392 e. The van der Waals surface area contributed by atoms with E-state index in [1.807, 2.05) is 35.0 Å². The Hall–Kier alpha value is -2.14. The summed E-state index contributed by atoms with van der Waals surface area (Å²) in [5.41, 5.74) is 2.00.